The van der Waals surface area contributed by atoms with Gasteiger partial charge >= 0.3 is 0 Å². The summed E-state index contributed by atoms with van der Waals surface area (Å²) < 4.78 is 12.8. The van der Waals surface area contributed by atoms with Crippen LogP contribution in [0.2, 0.25) is 0 Å². The first-order valence-electron chi connectivity index (χ1n) is 11.3. The Balaban J connectivity index is 1.60. The first kappa shape index (κ1) is 23.9. The number of benzene rings is 2. The molecule has 1 aliphatic heterocycles. The maximum atomic E-state index is 13.6. The van der Waals surface area contributed by atoms with Gasteiger partial charge in [0.05, 0.1) is 6.54 Å². The fraction of sp³-hybridized carbons (Fsp3) is 0.440. The molecule has 1 N–H and O–H groups in total. The lowest BCUT2D eigenvalue weighted by molar-refractivity contribution is -0.141. The average Bonchev–Trinajstić information content (AvgIpc) is 2.83. The van der Waals surface area contributed by atoms with Gasteiger partial charge in [0.25, 0.3) is 0 Å². The maximum absolute atomic E-state index is 13.6. The van der Waals surface area contributed by atoms with E-state index in [1.807, 2.05) is 48.5 Å². The van der Waals surface area contributed by atoms with Crippen molar-refractivity contribution >= 4 is 39.3 Å². The molecule has 0 radical (unpaired) electrons. The van der Waals surface area contributed by atoms with Crippen LogP contribution in [0.4, 0.5) is 0 Å². The van der Waals surface area contributed by atoms with E-state index in [4.69, 9.17) is 21.1 Å². The van der Waals surface area contributed by atoms with Crippen LogP contribution in [-0.2, 0) is 9.59 Å². The van der Waals surface area contributed by atoms with Gasteiger partial charge in [0.15, 0.2) is 17.6 Å². The van der Waals surface area contributed by atoms with Crippen molar-refractivity contribution < 1.29 is 19.1 Å². The minimum Gasteiger partial charge on any atom is -0.486 e. The van der Waals surface area contributed by atoms with Crippen molar-refractivity contribution in [2.24, 2.45) is 0 Å². The molecule has 0 unspecified atom stereocenters. The number of fused-ring (bicyclic) bond motifs is 1. The number of hydrogen-bond acceptors (Lipinski definition) is 4. The predicted octanol–water partition coefficient (Wildman–Crippen LogP) is 4.85. The summed E-state index contributed by atoms with van der Waals surface area (Å²) in [6.07, 6.45) is 4.88. The second-order valence-corrected chi connectivity index (χ2v) is 9.66. The van der Waals surface area contributed by atoms with E-state index < -0.39 is 12.1 Å². The van der Waals surface area contributed by atoms with Crippen LogP contribution in [-0.4, -0.2) is 47.9 Å². The van der Waals surface area contributed by atoms with Gasteiger partial charge in [-0.25, -0.2) is 0 Å². The van der Waals surface area contributed by atoms with Crippen LogP contribution in [0.5, 0.6) is 11.5 Å². The Hall–Kier alpha value is -2.25. The van der Waals surface area contributed by atoms with Crippen molar-refractivity contribution in [1.82, 2.24) is 10.2 Å². The Kier molecular flexibility index (Phi) is 8.15. The minimum absolute atomic E-state index is 0.120. The number of nitrogens with zero attached hydrogens (tertiary/aromatic N) is 1. The summed E-state index contributed by atoms with van der Waals surface area (Å²) in [7, 11) is 0. The lowest BCUT2D eigenvalue weighted by atomic mass is 9.94. The molecule has 1 heterocycles. The molecule has 1 fully saturated rings. The zero-order valence-electron chi connectivity index (χ0n) is 18.3. The third kappa shape index (κ3) is 6.01. The van der Waals surface area contributed by atoms with E-state index in [1.54, 1.807) is 0 Å². The molecule has 33 heavy (non-hydrogen) atoms. The topological polar surface area (TPSA) is 67.9 Å². The first-order valence-corrected chi connectivity index (χ1v) is 12.7. The second kappa shape index (κ2) is 11.3. The molecule has 0 saturated heterocycles. The van der Waals surface area contributed by atoms with E-state index in [-0.39, 0.29) is 36.9 Å². The smallest absolute Gasteiger partial charge is 0.247 e. The van der Waals surface area contributed by atoms with Gasteiger partial charge in [-0.1, -0.05) is 59.5 Å². The number of carbonyl (C=O) groups excluding carboxylic acids is 2. The molecule has 1 aliphatic carbocycles. The van der Waals surface area contributed by atoms with E-state index in [0.717, 1.165) is 30.2 Å². The lowest BCUT2D eigenvalue weighted by Gasteiger charge is -2.36. The van der Waals surface area contributed by atoms with Gasteiger partial charge in [0.2, 0.25) is 11.8 Å². The highest BCUT2D eigenvalue weighted by atomic mass is 79.9. The fourth-order valence-electron chi connectivity index (χ4n) is 4.48. The van der Waals surface area contributed by atoms with Crippen molar-refractivity contribution in [3.05, 3.63) is 58.6 Å². The van der Waals surface area contributed by atoms with Crippen LogP contribution in [0.15, 0.2) is 53.0 Å². The van der Waals surface area contributed by atoms with Crippen LogP contribution >= 0.6 is 27.5 Å². The quantitative estimate of drug-likeness (QED) is 0.515. The van der Waals surface area contributed by atoms with Gasteiger partial charge < -0.3 is 19.7 Å². The number of alkyl halides is 1. The molecule has 2 atom stereocenters. The van der Waals surface area contributed by atoms with Crippen molar-refractivity contribution in [3.8, 4) is 11.5 Å². The average molecular weight is 536 g/mol. The number of halogens is 2. The van der Waals surface area contributed by atoms with E-state index >= 15 is 0 Å². The number of amides is 2. The standard InChI is InChI=1S/C25H28BrClN2O4/c26-18-8-6-7-17(13-18)24(25(31)28-19-9-2-1-3-10-19)29(23(30)14-27)15-20-16-32-21-11-4-5-12-22(21)33-20/h4-8,11-13,19-20,24H,1-3,9-10,14-16H2,(H,28,31)/t20-,24-/m0/s1. The van der Waals surface area contributed by atoms with Crippen LogP contribution in [0, 0.1) is 0 Å². The van der Waals surface area contributed by atoms with Crippen LogP contribution < -0.4 is 14.8 Å². The molecule has 0 bridgehead atoms. The number of ether oxygens (including phenoxy) is 2. The second-order valence-electron chi connectivity index (χ2n) is 8.48. The number of hydrogen-bond donors (Lipinski definition) is 1. The molecule has 2 amide bonds. The molecule has 2 aromatic rings. The molecule has 0 aromatic heterocycles. The van der Waals surface area contributed by atoms with E-state index in [9.17, 15) is 9.59 Å². The van der Waals surface area contributed by atoms with E-state index in [0.29, 0.717) is 17.1 Å². The van der Waals surface area contributed by atoms with Gasteiger partial charge in [0, 0.05) is 10.5 Å². The normalized spacial score (nSPS) is 18.9. The zero-order chi connectivity index (χ0) is 23.2. The van der Waals surface area contributed by atoms with Gasteiger partial charge in [0.1, 0.15) is 18.5 Å². The Morgan fingerprint density at radius 2 is 1.85 bits per heavy atom. The van der Waals surface area contributed by atoms with Crippen molar-refractivity contribution in [3.63, 3.8) is 0 Å². The summed E-state index contributed by atoms with van der Waals surface area (Å²) in [5.74, 6) is 0.532. The Morgan fingerprint density at radius 3 is 2.58 bits per heavy atom. The van der Waals surface area contributed by atoms with E-state index in [1.165, 1.54) is 11.3 Å². The summed E-state index contributed by atoms with van der Waals surface area (Å²) in [4.78, 5) is 28.1. The zero-order valence-corrected chi connectivity index (χ0v) is 20.7. The number of nitrogens with one attached hydrogen (secondary N) is 1. The Labute approximate surface area is 207 Å². The van der Waals surface area contributed by atoms with Gasteiger partial charge in [-0.3, -0.25) is 9.59 Å². The molecule has 0 spiro atoms. The summed E-state index contributed by atoms with van der Waals surface area (Å²) in [5, 5.41) is 3.19. The van der Waals surface area contributed by atoms with Crippen molar-refractivity contribution in [2.75, 3.05) is 19.0 Å². The van der Waals surface area contributed by atoms with Gasteiger partial charge in [-0.2, -0.15) is 0 Å². The minimum atomic E-state index is -0.823. The number of carbonyl (C=O) groups is 2. The molecular formula is C25H28BrClN2O4. The monoisotopic (exact) mass is 534 g/mol. The molecule has 1 saturated carbocycles. The third-order valence-electron chi connectivity index (χ3n) is 6.08. The Bertz CT molecular complexity index is 982. The van der Waals surface area contributed by atoms with Crippen molar-refractivity contribution in [2.45, 2.75) is 50.3 Å². The molecule has 6 nitrogen and oxygen atoms in total. The van der Waals surface area contributed by atoms with Crippen molar-refractivity contribution in [1.29, 1.82) is 0 Å². The van der Waals surface area contributed by atoms with E-state index in [2.05, 4.69) is 21.2 Å². The summed E-state index contributed by atoms with van der Waals surface area (Å²) in [6, 6.07) is 14.2. The molecule has 2 aliphatic rings. The number of para-hydroxylation sites is 2. The number of rotatable bonds is 7. The highest BCUT2D eigenvalue weighted by Gasteiger charge is 2.35. The highest BCUT2D eigenvalue weighted by molar-refractivity contribution is 9.10. The summed E-state index contributed by atoms with van der Waals surface area (Å²) in [5.41, 5.74) is 0.716. The molecular weight excluding hydrogens is 508 g/mol. The maximum Gasteiger partial charge on any atom is 0.247 e. The Morgan fingerprint density at radius 1 is 1.09 bits per heavy atom. The predicted molar refractivity (Wildman–Crippen MR) is 131 cm³/mol. The largest absolute Gasteiger partial charge is 0.486 e. The molecule has 8 heteroatoms. The summed E-state index contributed by atoms with van der Waals surface area (Å²) in [6.45, 7) is 0.452. The SMILES string of the molecule is O=C(NC1CCCCC1)[C@H](c1cccc(Br)c1)N(C[C@H]1COc2ccccc2O1)C(=O)CCl. The van der Waals surface area contributed by atoms with Gasteiger partial charge in [-0.15, -0.1) is 11.6 Å². The third-order valence-corrected chi connectivity index (χ3v) is 6.80. The van der Waals surface area contributed by atoms with Crippen LogP contribution in [0.3, 0.4) is 0 Å². The fourth-order valence-corrected chi connectivity index (χ4v) is 5.05. The first-order chi connectivity index (χ1) is 16.0. The summed E-state index contributed by atoms with van der Waals surface area (Å²) >= 11 is 9.49. The van der Waals surface area contributed by atoms with Crippen LogP contribution in [0.25, 0.3) is 0 Å². The highest BCUT2D eigenvalue weighted by Crippen LogP contribution is 2.32. The van der Waals surface area contributed by atoms with Crippen LogP contribution in [0.1, 0.15) is 43.7 Å². The molecule has 2 aromatic carbocycles. The molecule has 176 valence electrons. The lowest BCUT2D eigenvalue weighted by Crippen LogP contribution is -2.51. The van der Waals surface area contributed by atoms with Gasteiger partial charge in [-0.05, 0) is 42.7 Å². The molecule has 4 rings (SSSR count).